The largest absolute Gasteiger partial charge is 0.497 e. The van der Waals surface area contributed by atoms with E-state index in [0.717, 1.165) is 22.4 Å². The standard InChI is InChI=1S/C31H32N6O4/c1-19(2)36-30-26(29(34-18-35-30)33-17-21-10-14-24(40-3)15-11-21)37(31(36)39)23-12-8-20(9-13-23)16-22-6-5-7-25(28(32)38)27(22)41-4/h5-15,18-19H,16-17H2,1-4H3,(H2,32,38)(H,33,34,35). The van der Waals surface area contributed by atoms with Crippen LogP contribution < -0.4 is 26.2 Å². The van der Waals surface area contributed by atoms with E-state index in [1.807, 2.05) is 68.4 Å². The molecule has 2 aromatic heterocycles. The van der Waals surface area contributed by atoms with Crippen LogP contribution in [0, 0.1) is 0 Å². The minimum absolute atomic E-state index is 0.111. The van der Waals surface area contributed by atoms with Crippen LogP contribution >= 0.6 is 0 Å². The topological polar surface area (TPSA) is 126 Å². The number of hydrogen-bond acceptors (Lipinski definition) is 7. The Hall–Kier alpha value is -5.12. The lowest BCUT2D eigenvalue weighted by Crippen LogP contribution is -2.24. The quantitative estimate of drug-likeness (QED) is 0.262. The minimum atomic E-state index is -0.543. The number of imidazole rings is 1. The van der Waals surface area contributed by atoms with E-state index in [0.29, 0.717) is 46.9 Å². The summed E-state index contributed by atoms with van der Waals surface area (Å²) in [7, 11) is 3.15. The fraction of sp³-hybridized carbons (Fsp3) is 0.226. The van der Waals surface area contributed by atoms with Crippen LogP contribution in [0.5, 0.6) is 11.5 Å². The number of carbonyl (C=O) groups is 1. The molecular weight excluding hydrogens is 520 g/mol. The number of aromatic nitrogens is 4. The highest BCUT2D eigenvalue weighted by Crippen LogP contribution is 2.28. The lowest BCUT2D eigenvalue weighted by Gasteiger charge is -2.13. The molecule has 0 bridgehead atoms. The first-order chi connectivity index (χ1) is 19.8. The van der Waals surface area contributed by atoms with E-state index in [4.69, 9.17) is 15.2 Å². The molecule has 10 nitrogen and oxygen atoms in total. The van der Waals surface area contributed by atoms with Crippen LogP contribution in [-0.2, 0) is 13.0 Å². The van der Waals surface area contributed by atoms with Gasteiger partial charge in [0.1, 0.15) is 23.3 Å². The molecule has 0 aliphatic rings. The van der Waals surface area contributed by atoms with Gasteiger partial charge in [-0.25, -0.2) is 14.8 Å². The summed E-state index contributed by atoms with van der Waals surface area (Å²) >= 11 is 0. The van der Waals surface area contributed by atoms with E-state index >= 15 is 0 Å². The van der Waals surface area contributed by atoms with Gasteiger partial charge in [0.25, 0.3) is 5.91 Å². The van der Waals surface area contributed by atoms with E-state index < -0.39 is 5.91 Å². The third-order valence-electron chi connectivity index (χ3n) is 6.94. The van der Waals surface area contributed by atoms with E-state index in [-0.39, 0.29) is 11.7 Å². The average molecular weight is 553 g/mol. The number of rotatable bonds is 10. The SMILES string of the molecule is COc1ccc(CNc2ncnc3c2n(-c2ccc(Cc4cccc(C(N)=O)c4OC)cc2)c(=O)n3C(C)C)cc1. The molecule has 0 aliphatic carbocycles. The van der Waals surface area contributed by atoms with Gasteiger partial charge in [-0.2, -0.15) is 0 Å². The summed E-state index contributed by atoms with van der Waals surface area (Å²) in [5.74, 6) is 1.26. The van der Waals surface area contributed by atoms with Gasteiger partial charge in [0.2, 0.25) is 0 Å². The number of nitrogens with zero attached hydrogens (tertiary/aromatic N) is 4. The molecule has 10 heteroatoms. The van der Waals surface area contributed by atoms with Gasteiger partial charge in [0.05, 0.1) is 25.5 Å². The molecule has 210 valence electrons. The fourth-order valence-corrected chi connectivity index (χ4v) is 4.95. The zero-order chi connectivity index (χ0) is 29.1. The maximum absolute atomic E-state index is 13.7. The number of carbonyl (C=O) groups excluding carboxylic acids is 1. The first kappa shape index (κ1) is 27.4. The number of ether oxygens (including phenoxy) is 2. The van der Waals surface area contributed by atoms with Gasteiger partial charge in [-0.05, 0) is 60.9 Å². The third kappa shape index (κ3) is 5.36. The molecule has 0 unspecified atom stereocenters. The van der Waals surface area contributed by atoms with Crippen molar-refractivity contribution in [2.75, 3.05) is 19.5 Å². The van der Waals surface area contributed by atoms with Crippen LogP contribution in [0.15, 0.2) is 77.9 Å². The molecule has 5 rings (SSSR count). The number of benzene rings is 3. The van der Waals surface area contributed by atoms with Crippen molar-refractivity contribution in [3.05, 3.63) is 106 Å². The fourth-order valence-electron chi connectivity index (χ4n) is 4.95. The van der Waals surface area contributed by atoms with Crippen LogP contribution in [0.1, 0.15) is 46.9 Å². The summed E-state index contributed by atoms with van der Waals surface area (Å²) in [6.45, 7) is 4.41. The maximum atomic E-state index is 13.7. The number of fused-ring (bicyclic) bond motifs is 1. The molecule has 1 amide bonds. The number of nitrogens with one attached hydrogen (secondary N) is 1. The first-order valence-electron chi connectivity index (χ1n) is 13.2. The van der Waals surface area contributed by atoms with E-state index in [1.54, 1.807) is 28.4 Å². The summed E-state index contributed by atoms with van der Waals surface area (Å²) in [5, 5.41) is 3.39. The normalized spacial score (nSPS) is 11.1. The van der Waals surface area contributed by atoms with Crippen LogP contribution in [0.2, 0.25) is 0 Å². The Morgan fingerprint density at radius 3 is 2.29 bits per heavy atom. The second-order valence-electron chi connectivity index (χ2n) is 9.88. The van der Waals surface area contributed by atoms with Crippen LogP contribution in [0.4, 0.5) is 5.82 Å². The van der Waals surface area contributed by atoms with E-state index in [2.05, 4.69) is 15.3 Å². The van der Waals surface area contributed by atoms with Crippen LogP contribution in [-0.4, -0.2) is 39.2 Å². The second kappa shape index (κ2) is 11.5. The molecule has 0 fully saturated rings. The van der Waals surface area contributed by atoms with E-state index in [9.17, 15) is 9.59 Å². The smallest absolute Gasteiger partial charge is 0.335 e. The minimum Gasteiger partial charge on any atom is -0.497 e. The molecule has 0 aliphatic heterocycles. The summed E-state index contributed by atoms with van der Waals surface area (Å²) in [4.78, 5) is 34.6. The second-order valence-corrected chi connectivity index (χ2v) is 9.88. The summed E-state index contributed by atoms with van der Waals surface area (Å²) in [6.07, 6.45) is 1.99. The Bertz CT molecular complexity index is 1760. The van der Waals surface area contributed by atoms with Crippen molar-refractivity contribution in [1.29, 1.82) is 0 Å². The Labute approximate surface area is 237 Å². The number of para-hydroxylation sites is 1. The van der Waals surface area contributed by atoms with Gasteiger partial charge in [-0.1, -0.05) is 36.4 Å². The molecule has 5 aromatic rings. The highest BCUT2D eigenvalue weighted by molar-refractivity contribution is 5.96. The van der Waals surface area contributed by atoms with Gasteiger partial charge in [0, 0.05) is 19.0 Å². The molecule has 41 heavy (non-hydrogen) atoms. The number of nitrogens with two attached hydrogens (primary N) is 1. The van der Waals surface area contributed by atoms with Crippen LogP contribution in [0.3, 0.4) is 0 Å². The van der Waals surface area contributed by atoms with Gasteiger partial charge < -0.3 is 20.5 Å². The van der Waals surface area contributed by atoms with Crippen LogP contribution in [0.25, 0.3) is 16.9 Å². The van der Waals surface area contributed by atoms with Crippen molar-refractivity contribution in [2.24, 2.45) is 5.73 Å². The van der Waals surface area contributed by atoms with Gasteiger partial charge in [0.15, 0.2) is 11.5 Å². The number of amides is 1. The lowest BCUT2D eigenvalue weighted by atomic mass is 10.0. The van der Waals surface area contributed by atoms with Gasteiger partial charge in [-0.15, -0.1) is 0 Å². The van der Waals surface area contributed by atoms with Crippen molar-refractivity contribution in [2.45, 2.75) is 32.9 Å². The highest BCUT2D eigenvalue weighted by atomic mass is 16.5. The predicted octanol–water partition coefficient (Wildman–Crippen LogP) is 4.48. The lowest BCUT2D eigenvalue weighted by molar-refractivity contribution is 0.0997. The summed E-state index contributed by atoms with van der Waals surface area (Å²) < 4.78 is 14.1. The average Bonchev–Trinajstić information content (AvgIpc) is 3.29. The van der Waals surface area contributed by atoms with Crippen molar-refractivity contribution < 1.29 is 14.3 Å². The Balaban J connectivity index is 1.52. The maximum Gasteiger partial charge on any atom is 0.335 e. The Kier molecular flexibility index (Phi) is 7.73. The van der Waals surface area contributed by atoms with E-state index in [1.165, 1.54) is 13.4 Å². The predicted molar refractivity (Wildman–Crippen MR) is 158 cm³/mol. The molecule has 0 saturated carbocycles. The molecule has 0 spiro atoms. The molecule has 3 aromatic carbocycles. The zero-order valence-corrected chi connectivity index (χ0v) is 23.4. The Morgan fingerprint density at radius 2 is 1.66 bits per heavy atom. The monoisotopic (exact) mass is 552 g/mol. The Morgan fingerprint density at radius 1 is 0.951 bits per heavy atom. The highest BCUT2D eigenvalue weighted by Gasteiger charge is 2.22. The molecule has 3 N–H and O–H groups in total. The molecular formula is C31H32N6O4. The molecule has 0 atom stereocenters. The van der Waals surface area contributed by atoms with Crippen molar-refractivity contribution in [3.8, 4) is 17.2 Å². The molecule has 0 radical (unpaired) electrons. The van der Waals surface area contributed by atoms with Crippen molar-refractivity contribution >= 4 is 22.9 Å². The van der Waals surface area contributed by atoms with Crippen molar-refractivity contribution in [3.63, 3.8) is 0 Å². The number of primary amides is 1. The van der Waals surface area contributed by atoms with Crippen molar-refractivity contribution in [1.82, 2.24) is 19.1 Å². The first-order valence-corrected chi connectivity index (χ1v) is 13.2. The molecule has 0 saturated heterocycles. The number of methoxy groups -OCH3 is 2. The number of hydrogen-bond donors (Lipinski definition) is 2. The van der Waals surface area contributed by atoms with Gasteiger partial charge >= 0.3 is 5.69 Å². The summed E-state index contributed by atoms with van der Waals surface area (Å²) in [5.41, 5.74) is 10.3. The third-order valence-corrected chi connectivity index (χ3v) is 6.94. The summed E-state index contributed by atoms with van der Waals surface area (Å²) in [6, 6.07) is 20.7. The number of anilines is 1. The zero-order valence-electron chi connectivity index (χ0n) is 23.4. The molecule has 2 heterocycles. The van der Waals surface area contributed by atoms with Gasteiger partial charge in [-0.3, -0.25) is 13.9 Å².